The molecule has 7 heteroatoms. The molecule has 1 aromatic carbocycles. The number of rotatable bonds is 6. The summed E-state index contributed by atoms with van der Waals surface area (Å²) in [4.78, 5) is 29.1. The molecule has 4 rings (SSSR count). The molecule has 1 saturated heterocycles. The van der Waals surface area contributed by atoms with Gasteiger partial charge in [-0.15, -0.1) is 0 Å². The number of hydrogen-bond acceptors (Lipinski definition) is 5. The summed E-state index contributed by atoms with van der Waals surface area (Å²) in [5.41, 5.74) is 1.10. The summed E-state index contributed by atoms with van der Waals surface area (Å²) in [6.45, 7) is 3.31. The number of carbonyl (C=O) groups excluding carboxylic acids is 2. The van der Waals surface area contributed by atoms with E-state index in [1.165, 1.54) is 6.20 Å². The maximum atomic E-state index is 12.8. The highest BCUT2D eigenvalue weighted by atomic mass is 16.6. The Morgan fingerprint density at radius 1 is 1.24 bits per heavy atom. The maximum absolute atomic E-state index is 12.8. The number of amides is 2. The topological polar surface area (TPSA) is 89.6 Å². The van der Waals surface area contributed by atoms with Gasteiger partial charge in [0, 0.05) is 36.9 Å². The van der Waals surface area contributed by atoms with Gasteiger partial charge >= 0.3 is 0 Å². The van der Waals surface area contributed by atoms with Gasteiger partial charge in [0.05, 0.1) is 17.7 Å². The first-order valence-electron chi connectivity index (χ1n) is 10.0. The third-order valence-corrected chi connectivity index (χ3v) is 5.65. The Morgan fingerprint density at radius 2 is 2.10 bits per heavy atom. The van der Waals surface area contributed by atoms with Gasteiger partial charge in [-0.3, -0.25) is 14.6 Å². The van der Waals surface area contributed by atoms with Crippen molar-refractivity contribution >= 4 is 17.5 Å². The van der Waals surface area contributed by atoms with Gasteiger partial charge in [-0.1, -0.05) is 6.07 Å². The molecule has 0 bridgehead atoms. The van der Waals surface area contributed by atoms with E-state index in [4.69, 9.17) is 9.47 Å². The molecule has 3 unspecified atom stereocenters. The summed E-state index contributed by atoms with van der Waals surface area (Å²) in [5.74, 6) is -0.454. The zero-order valence-electron chi connectivity index (χ0n) is 16.4. The summed E-state index contributed by atoms with van der Waals surface area (Å²) in [6.07, 6.45) is 5.76. The van der Waals surface area contributed by atoms with Crippen LogP contribution in [0.15, 0.2) is 48.8 Å². The third kappa shape index (κ3) is 3.88. The first kappa shape index (κ1) is 19.5. The van der Waals surface area contributed by atoms with Crippen molar-refractivity contribution in [2.45, 2.75) is 43.9 Å². The van der Waals surface area contributed by atoms with E-state index in [-0.39, 0.29) is 24.0 Å². The van der Waals surface area contributed by atoms with Gasteiger partial charge < -0.3 is 20.1 Å². The van der Waals surface area contributed by atoms with Crippen molar-refractivity contribution in [1.82, 2.24) is 10.3 Å². The van der Waals surface area contributed by atoms with Crippen molar-refractivity contribution in [2.24, 2.45) is 0 Å². The monoisotopic (exact) mass is 395 g/mol. The first-order valence-corrected chi connectivity index (χ1v) is 10.0. The lowest BCUT2D eigenvalue weighted by molar-refractivity contribution is -0.194. The van der Waals surface area contributed by atoms with E-state index < -0.39 is 5.60 Å². The molecule has 2 aliphatic rings. The van der Waals surface area contributed by atoms with Crippen LogP contribution < -0.4 is 10.6 Å². The predicted octanol–water partition coefficient (Wildman–Crippen LogP) is 2.79. The number of nitrogens with one attached hydrogen (secondary N) is 2. The lowest BCUT2D eigenvalue weighted by Crippen LogP contribution is -2.69. The number of hydrogen-bond donors (Lipinski definition) is 2. The molecule has 1 spiro atoms. The second-order valence-electron chi connectivity index (χ2n) is 7.39. The molecular weight excluding hydrogens is 370 g/mol. The minimum Gasteiger partial charge on any atom is -0.375 e. The first-order chi connectivity index (χ1) is 14.1. The van der Waals surface area contributed by atoms with E-state index in [1.807, 2.05) is 6.92 Å². The van der Waals surface area contributed by atoms with E-state index >= 15 is 0 Å². The Bertz CT molecular complexity index is 881. The second-order valence-corrected chi connectivity index (χ2v) is 7.39. The molecule has 1 aromatic heterocycles. The summed E-state index contributed by atoms with van der Waals surface area (Å²) in [6, 6.07) is 10.2. The van der Waals surface area contributed by atoms with Gasteiger partial charge in [0.1, 0.15) is 5.60 Å². The molecule has 2 fully saturated rings. The fourth-order valence-corrected chi connectivity index (χ4v) is 4.16. The number of benzene rings is 1. The highest BCUT2D eigenvalue weighted by molar-refractivity contribution is 6.05. The van der Waals surface area contributed by atoms with Crippen LogP contribution >= 0.6 is 0 Å². The van der Waals surface area contributed by atoms with Gasteiger partial charge in [0.2, 0.25) is 0 Å². The molecule has 2 heterocycles. The standard InChI is InChI=1S/C22H25N3O4/c1-2-28-19-13-18(22(19)9-5-11-29-22)25-20(26)15-6-3-8-17(12-15)24-21(27)16-7-4-10-23-14-16/h3-4,6-8,10,12,14,18-19H,2,5,9,11,13H2,1H3,(H,24,27)(H,25,26). The maximum Gasteiger partial charge on any atom is 0.257 e. The van der Waals surface area contributed by atoms with Crippen LogP contribution in [-0.2, 0) is 9.47 Å². The largest absolute Gasteiger partial charge is 0.375 e. The Hall–Kier alpha value is -2.77. The summed E-state index contributed by atoms with van der Waals surface area (Å²) >= 11 is 0. The Kier molecular flexibility index (Phi) is 5.60. The molecule has 2 aromatic rings. The van der Waals surface area contributed by atoms with Crippen LogP contribution in [-0.4, -0.2) is 47.8 Å². The normalized spacial score (nSPS) is 25.4. The number of anilines is 1. The molecule has 152 valence electrons. The summed E-state index contributed by atoms with van der Waals surface area (Å²) < 4.78 is 11.8. The molecule has 7 nitrogen and oxygen atoms in total. The molecule has 3 atom stereocenters. The average Bonchev–Trinajstić information content (AvgIpc) is 3.27. The highest BCUT2D eigenvalue weighted by Crippen LogP contribution is 2.45. The lowest BCUT2D eigenvalue weighted by Gasteiger charge is -2.52. The zero-order chi connectivity index (χ0) is 20.3. The number of ether oxygens (including phenoxy) is 2. The highest BCUT2D eigenvalue weighted by Gasteiger charge is 2.59. The number of pyridine rings is 1. The van der Waals surface area contributed by atoms with E-state index in [1.54, 1.807) is 42.6 Å². The predicted molar refractivity (Wildman–Crippen MR) is 108 cm³/mol. The minimum atomic E-state index is -0.405. The zero-order valence-corrected chi connectivity index (χ0v) is 16.4. The second kappa shape index (κ2) is 8.31. The lowest BCUT2D eigenvalue weighted by atomic mass is 9.70. The number of aromatic nitrogens is 1. The average molecular weight is 395 g/mol. The van der Waals surface area contributed by atoms with E-state index in [0.717, 1.165) is 19.3 Å². The Balaban J connectivity index is 1.42. The van der Waals surface area contributed by atoms with Crippen molar-refractivity contribution in [1.29, 1.82) is 0 Å². The van der Waals surface area contributed by atoms with Crippen LogP contribution in [0.3, 0.4) is 0 Å². The van der Waals surface area contributed by atoms with Crippen LogP contribution in [0.4, 0.5) is 5.69 Å². The molecule has 29 heavy (non-hydrogen) atoms. The van der Waals surface area contributed by atoms with Crippen molar-refractivity contribution in [3.8, 4) is 0 Å². The van der Waals surface area contributed by atoms with E-state index in [0.29, 0.717) is 30.0 Å². The van der Waals surface area contributed by atoms with Gasteiger partial charge in [0.25, 0.3) is 11.8 Å². The molecule has 1 saturated carbocycles. The SMILES string of the molecule is CCOC1CC(NC(=O)c2cccc(NC(=O)c3cccnc3)c2)C12CCCO2. The van der Waals surface area contributed by atoms with Gasteiger partial charge in [0.15, 0.2) is 0 Å². The Morgan fingerprint density at radius 3 is 2.83 bits per heavy atom. The van der Waals surface area contributed by atoms with Crippen LogP contribution in [0.1, 0.15) is 46.9 Å². The van der Waals surface area contributed by atoms with Gasteiger partial charge in [-0.05, 0) is 56.5 Å². The van der Waals surface area contributed by atoms with Gasteiger partial charge in [-0.25, -0.2) is 0 Å². The van der Waals surface area contributed by atoms with Crippen molar-refractivity contribution in [3.05, 3.63) is 59.9 Å². The van der Waals surface area contributed by atoms with Crippen LogP contribution in [0.25, 0.3) is 0 Å². The molecule has 1 aliphatic heterocycles. The molecule has 2 N–H and O–H groups in total. The van der Waals surface area contributed by atoms with Crippen molar-refractivity contribution in [2.75, 3.05) is 18.5 Å². The fraction of sp³-hybridized carbons (Fsp3) is 0.409. The number of carbonyl (C=O) groups is 2. The summed E-state index contributed by atoms with van der Waals surface area (Å²) in [7, 11) is 0. The van der Waals surface area contributed by atoms with E-state index in [2.05, 4.69) is 15.6 Å². The quantitative estimate of drug-likeness (QED) is 0.785. The van der Waals surface area contributed by atoms with E-state index in [9.17, 15) is 9.59 Å². The van der Waals surface area contributed by atoms with Crippen molar-refractivity contribution < 1.29 is 19.1 Å². The third-order valence-electron chi connectivity index (χ3n) is 5.65. The molecule has 1 aliphatic carbocycles. The van der Waals surface area contributed by atoms with Gasteiger partial charge in [-0.2, -0.15) is 0 Å². The molecular formula is C22H25N3O4. The fourth-order valence-electron chi connectivity index (χ4n) is 4.16. The van der Waals surface area contributed by atoms with Crippen LogP contribution in [0.5, 0.6) is 0 Å². The molecule has 0 radical (unpaired) electrons. The Labute approximate surface area is 169 Å². The van der Waals surface area contributed by atoms with Crippen LogP contribution in [0.2, 0.25) is 0 Å². The van der Waals surface area contributed by atoms with Crippen LogP contribution in [0, 0.1) is 0 Å². The molecule has 2 amide bonds. The smallest absolute Gasteiger partial charge is 0.257 e. The summed E-state index contributed by atoms with van der Waals surface area (Å²) in [5, 5.41) is 5.90. The minimum absolute atomic E-state index is 0.0328. The number of nitrogens with zero attached hydrogens (tertiary/aromatic N) is 1. The van der Waals surface area contributed by atoms with Crippen molar-refractivity contribution in [3.63, 3.8) is 0 Å².